The van der Waals surface area contributed by atoms with Crippen molar-refractivity contribution in [3.63, 3.8) is 0 Å². The van der Waals surface area contributed by atoms with Crippen LogP contribution in [0, 0.1) is 27.7 Å². The number of aromatic nitrogens is 2. The topological polar surface area (TPSA) is 58.5 Å². The quantitative estimate of drug-likeness (QED) is 0.152. The Morgan fingerprint density at radius 2 is 0.746 bits per heavy atom. The van der Waals surface area contributed by atoms with Gasteiger partial charge in [0, 0.05) is 50.7 Å². The average molecular weight is 819 g/mol. The number of anilines is 6. The Morgan fingerprint density at radius 1 is 0.381 bits per heavy atom. The molecule has 11 rings (SSSR count). The van der Waals surface area contributed by atoms with Crippen LogP contribution in [0.25, 0.3) is 56.2 Å². The zero-order valence-corrected chi connectivity index (χ0v) is 36.3. The molecule has 10 aromatic rings. The fraction of sp³-hybridized carbons (Fsp3) is 0.123. The summed E-state index contributed by atoms with van der Waals surface area (Å²) >= 11 is 0. The van der Waals surface area contributed by atoms with Gasteiger partial charge in [-0.15, -0.1) is 0 Å². The molecule has 8 aromatic carbocycles. The summed E-state index contributed by atoms with van der Waals surface area (Å²) in [5.41, 5.74) is 21.4. The molecule has 0 N–H and O–H groups in total. The van der Waals surface area contributed by atoms with E-state index in [0.29, 0.717) is 11.8 Å². The standard InChI is InChI=1S/C57H46N4O2/c1-35-27-36(2)30-45(29-35)60(41-19-15-39(16-20-41)55-58-51-11-7-9-13-53(51)62-55)43-23-25-47-48-26-24-44(34-50(48)57(5,6)49(47)33-43)61(46-31-37(3)28-38(4)32-46)42-21-17-40(18-22-42)56-59-52-12-8-10-14-54(52)63-56/h7-34H,1-6H3. The molecule has 0 aliphatic heterocycles. The Bertz CT molecular complexity index is 3040. The first-order chi connectivity index (χ1) is 30.6. The van der Waals surface area contributed by atoms with E-state index < -0.39 is 0 Å². The monoisotopic (exact) mass is 818 g/mol. The van der Waals surface area contributed by atoms with E-state index in [1.807, 2.05) is 48.5 Å². The van der Waals surface area contributed by atoms with Gasteiger partial charge in [0.1, 0.15) is 11.0 Å². The first kappa shape index (κ1) is 38.2. The van der Waals surface area contributed by atoms with Crippen molar-refractivity contribution in [2.75, 3.05) is 9.80 Å². The molecule has 0 bridgehead atoms. The number of rotatable bonds is 8. The van der Waals surface area contributed by atoms with Gasteiger partial charge in [0.25, 0.3) is 0 Å². The molecule has 0 spiro atoms. The summed E-state index contributed by atoms with van der Waals surface area (Å²) in [6.45, 7) is 13.4. The zero-order chi connectivity index (χ0) is 43.0. The second kappa shape index (κ2) is 14.7. The summed E-state index contributed by atoms with van der Waals surface area (Å²) in [6.07, 6.45) is 0. The van der Waals surface area contributed by atoms with E-state index >= 15 is 0 Å². The highest BCUT2D eigenvalue weighted by atomic mass is 16.4. The van der Waals surface area contributed by atoms with Crippen LogP contribution in [0.3, 0.4) is 0 Å². The number of nitrogens with zero attached hydrogens (tertiary/aromatic N) is 4. The minimum atomic E-state index is -0.285. The van der Waals surface area contributed by atoms with Crippen LogP contribution in [0.1, 0.15) is 47.2 Å². The van der Waals surface area contributed by atoms with Crippen molar-refractivity contribution in [3.8, 4) is 34.0 Å². The lowest BCUT2D eigenvalue weighted by molar-refractivity contribution is 0.619. The molecule has 6 nitrogen and oxygen atoms in total. The third kappa shape index (κ3) is 6.75. The molecular formula is C57H46N4O2. The maximum atomic E-state index is 6.14. The molecule has 2 aromatic heterocycles. The molecule has 0 saturated heterocycles. The summed E-state index contributed by atoms with van der Waals surface area (Å²) < 4.78 is 12.3. The van der Waals surface area contributed by atoms with Crippen molar-refractivity contribution in [2.24, 2.45) is 0 Å². The molecule has 2 heterocycles. The second-order valence-electron chi connectivity index (χ2n) is 17.5. The summed E-state index contributed by atoms with van der Waals surface area (Å²) in [7, 11) is 0. The van der Waals surface area contributed by atoms with Gasteiger partial charge in [-0.05, 0) is 194 Å². The van der Waals surface area contributed by atoms with Gasteiger partial charge in [-0.1, -0.05) is 62.4 Å². The number of benzene rings is 8. The minimum Gasteiger partial charge on any atom is -0.436 e. The SMILES string of the molecule is Cc1cc(C)cc(N(c2ccc(-c3nc4ccccc4o3)cc2)c2ccc3c(c2)C(C)(C)c2cc(N(c4ccc(-c5nc6ccccc6o5)cc4)c4cc(C)cc(C)c4)ccc2-3)c1. The molecule has 0 fully saturated rings. The lowest BCUT2D eigenvalue weighted by Gasteiger charge is -2.29. The Kier molecular flexibility index (Phi) is 8.95. The maximum Gasteiger partial charge on any atom is 0.227 e. The zero-order valence-electron chi connectivity index (χ0n) is 36.3. The first-order valence-corrected chi connectivity index (χ1v) is 21.5. The number of aryl methyl sites for hydroxylation is 4. The van der Waals surface area contributed by atoms with Gasteiger partial charge in [0.2, 0.25) is 11.8 Å². The van der Waals surface area contributed by atoms with Crippen molar-refractivity contribution in [1.29, 1.82) is 0 Å². The van der Waals surface area contributed by atoms with Crippen LogP contribution in [0.15, 0.2) is 179 Å². The minimum absolute atomic E-state index is 0.285. The molecule has 6 heteroatoms. The molecule has 0 saturated carbocycles. The summed E-state index contributed by atoms with van der Waals surface area (Å²) in [5.74, 6) is 1.23. The van der Waals surface area contributed by atoms with E-state index in [0.717, 1.165) is 67.5 Å². The third-order valence-electron chi connectivity index (χ3n) is 12.4. The first-order valence-electron chi connectivity index (χ1n) is 21.5. The van der Waals surface area contributed by atoms with Crippen LogP contribution < -0.4 is 9.80 Å². The number of hydrogen-bond acceptors (Lipinski definition) is 6. The Labute approximate surface area is 367 Å². The number of oxazole rings is 2. The van der Waals surface area contributed by atoms with Crippen molar-refractivity contribution in [1.82, 2.24) is 9.97 Å². The third-order valence-corrected chi connectivity index (χ3v) is 12.4. The number of hydrogen-bond donors (Lipinski definition) is 0. The summed E-state index contributed by atoms with van der Waals surface area (Å²) in [6, 6.07) is 60.4. The normalized spacial score (nSPS) is 12.7. The van der Waals surface area contributed by atoms with Gasteiger partial charge in [-0.3, -0.25) is 0 Å². The highest BCUT2D eigenvalue weighted by Gasteiger charge is 2.37. The highest BCUT2D eigenvalue weighted by Crippen LogP contribution is 2.53. The van der Waals surface area contributed by atoms with Crippen LogP contribution in [0.4, 0.5) is 34.1 Å². The predicted octanol–water partition coefficient (Wildman–Crippen LogP) is 15.8. The highest BCUT2D eigenvalue weighted by molar-refractivity contribution is 5.89. The van der Waals surface area contributed by atoms with Crippen LogP contribution in [-0.2, 0) is 5.41 Å². The Balaban J connectivity index is 0.977. The van der Waals surface area contributed by atoms with E-state index in [1.165, 1.54) is 44.5 Å². The predicted molar refractivity (Wildman–Crippen MR) is 258 cm³/mol. The van der Waals surface area contributed by atoms with E-state index in [4.69, 9.17) is 18.8 Å². The van der Waals surface area contributed by atoms with Gasteiger partial charge in [-0.2, -0.15) is 0 Å². The number of fused-ring (bicyclic) bond motifs is 5. The van der Waals surface area contributed by atoms with Crippen molar-refractivity contribution < 1.29 is 8.83 Å². The molecule has 0 atom stereocenters. The molecule has 63 heavy (non-hydrogen) atoms. The van der Waals surface area contributed by atoms with Gasteiger partial charge in [0.15, 0.2) is 11.2 Å². The maximum absolute atomic E-state index is 6.14. The van der Waals surface area contributed by atoms with Gasteiger partial charge < -0.3 is 18.6 Å². The lowest BCUT2D eigenvalue weighted by atomic mass is 9.82. The molecule has 306 valence electrons. The van der Waals surface area contributed by atoms with E-state index in [1.54, 1.807) is 0 Å². The van der Waals surface area contributed by atoms with Gasteiger partial charge >= 0.3 is 0 Å². The van der Waals surface area contributed by atoms with E-state index in [-0.39, 0.29) is 5.41 Å². The van der Waals surface area contributed by atoms with E-state index in [9.17, 15) is 0 Å². The second-order valence-corrected chi connectivity index (χ2v) is 17.5. The molecule has 1 aliphatic carbocycles. The Morgan fingerprint density at radius 3 is 1.13 bits per heavy atom. The van der Waals surface area contributed by atoms with Crippen molar-refractivity contribution >= 4 is 56.3 Å². The average Bonchev–Trinajstić information content (AvgIpc) is 3.97. The largest absolute Gasteiger partial charge is 0.436 e. The Hall–Kier alpha value is -7.70. The molecule has 1 aliphatic rings. The molecule has 0 unspecified atom stereocenters. The van der Waals surface area contributed by atoms with Crippen molar-refractivity contribution in [3.05, 3.63) is 203 Å². The van der Waals surface area contributed by atoms with Crippen LogP contribution in [-0.4, -0.2) is 9.97 Å². The van der Waals surface area contributed by atoms with Crippen LogP contribution in [0.2, 0.25) is 0 Å². The number of para-hydroxylation sites is 4. The molecule has 0 radical (unpaired) electrons. The lowest BCUT2D eigenvalue weighted by Crippen LogP contribution is -2.18. The summed E-state index contributed by atoms with van der Waals surface area (Å²) in [4.78, 5) is 14.3. The summed E-state index contributed by atoms with van der Waals surface area (Å²) in [5, 5.41) is 0. The van der Waals surface area contributed by atoms with Gasteiger partial charge in [0.05, 0.1) is 0 Å². The fourth-order valence-corrected chi connectivity index (χ4v) is 9.54. The van der Waals surface area contributed by atoms with Gasteiger partial charge in [-0.25, -0.2) is 9.97 Å². The van der Waals surface area contributed by atoms with Crippen molar-refractivity contribution in [2.45, 2.75) is 47.0 Å². The fourth-order valence-electron chi connectivity index (χ4n) is 9.54. The van der Waals surface area contributed by atoms with Crippen LogP contribution >= 0.6 is 0 Å². The smallest absolute Gasteiger partial charge is 0.227 e. The van der Waals surface area contributed by atoms with Crippen LogP contribution in [0.5, 0.6) is 0 Å². The molecular weight excluding hydrogens is 773 g/mol. The van der Waals surface area contributed by atoms with E-state index in [2.05, 4.69) is 173 Å². The molecule has 0 amide bonds.